The van der Waals surface area contributed by atoms with E-state index >= 15 is 0 Å². The fourth-order valence-corrected chi connectivity index (χ4v) is 2.58. The van der Waals surface area contributed by atoms with Crippen LogP contribution in [0.3, 0.4) is 0 Å². The third-order valence-corrected chi connectivity index (χ3v) is 4.13. The Morgan fingerprint density at radius 3 is 2.30 bits per heavy atom. The number of carbonyl (C=O) groups is 2. The van der Waals surface area contributed by atoms with Gasteiger partial charge in [0.05, 0.1) is 18.7 Å². The summed E-state index contributed by atoms with van der Waals surface area (Å²) >= 11 is 0. The van der Waals surface area contributed by atoms with Gasteiger partial charge in [-0.15, -0.1) is 0 Å². The highest BCUT2D eigenvalue weighted by molar-refractivity contribution is 5.98. The van der Waals surface area contributed by atoms with Crippen molar-refractivity contribution in [3.05, 3.63) is 59.7 Å². The van der Waals surface area contributed by atoms with E-state index in [0.29, 0.717) is 24.5 Å². The fraction of sp³-hybridized carbons (Fsp3) is 0.333. The lowest BCUT2D eigenvalue weighted by atomic mass is 10.2. The summed E-state index contributed by atoms with van der Waals surface area (Å²) < 4.78 is 5.46. The van der Waals surface area contributed by atoms with Crippen LogP contribution < -0.4 is 15.0 Å². The van der Waals surface area contributed by atoms with Crippen molar-refractivity contribution in [1.82, 2.24) is 10.2 Å². The first kappa shape index (κ1) is 20.3. The zero-order chi connectivity index (χ0) is 19.8. The standard InChI is InChI=1S/C21H27N3O3/c1-5-27-19-9-7-6-8-18(19)21(26)22-14-20(25)24(4)15-16-10-12-17(13-11-16)23(2)3/h6-13H,5,14-15H2,1-4H3,(H,22,26). The largest absolute Gasteiger partial charge is 0.493 e. The van der Waals surface area contributed by atoms with E-state index in [9.17, 15) is 9.59 Å². The van der Waals surface area contributed by atoms with E-state index in [1.54, 1.807) is 30.1 Å². The molecular formula is C21H27N3O3. The molecule has 0 heterocycles. The van der Waals surface area contributed by atoms with Crippen molar-refractivity contribution < 1.29 is 14.3 Å². The van der Waals surface area contributed by atoms with Crippen molar-refractivity contribution in [2.24, 2.45) is 0 Å². The van der Waals surface area contributed by atoms with Gasteiger partial charge in [0.25, 0.3) is 5.91 Å². The number of nitrogens with zero attached hydrogens (tertiary/aromatic N) is 2. The molecule has 6 nitrogen and oxygen atoms in total. The van der Waals surface area contributed by atoms with Gasteiger partial charge in [-0.2, -0.15) is 0 Å². The Morgan fingerprint density at radius 1 is 1.00 bits per heavy atom. The van der Waals surface area contributed by atoms with Crippen LogP contribution in [-0.4, -0.2) is 51.0 Å². The molecule has 0 saturated carbocycles. The van der Waals surface area contributed by atoms with Gasteiger partial charge >= 0.3 is 0 Å². The van der Waals surface area contributed by atoms with Crippen LogP contribution in [0.2, 0.25) is 0 Å². The number of para-hydroxylation sites is 1. The summed E-state index contributed by atoms with van der Waals surface area (Å²) in [5.41, 5.74) is 2.56. The fourth-order valence-electron chi connectivity index (χ4n) is 2.58. The first-order valence-corrected chi connectivity index (χ1v) is 8.92. The average Bonchev–Trinajstić information content (AvgIpc) is 2.67. The van der Waals surface area contributed by atoms with Crippen LogP contribution in [0.4, 0.5) is 5.69 Å². The normalized spacial score (nSPS) is 10.2. The maximum Gasteiger partial charge on any atom is 0.255 e. The molecule has 2 aromatic rings. The van der Waals surface area contributed by atoms with Gasteiger partial charge in [0.2, 0.25) is 5.91 Å². The number of benzene rings is 2. The molecule has 0 fully saturated rings. The molecule has 2 amide bonds. The van der Waals surface area contributed by atoms with Crippen molar-refractivity contribution in [3.63, 3.8) is 0 Å². The number of hydrogen-bond donors (Lipinski definition) is 1. The van der Waals surface area contributed by atoms with Crippen molar-refractivity contribution in [3.8, 4) is 5.75 Å². The number of hydrogen-bond acceptors (Lipinski definition) is 4. The third kappa shape index (κ3) is 5.74. The molecule has 2 rings (SSSR count). The topological polar surface area (TPSA) is 61.9 Å². The SMILES string of the molecule is CCOc1ccccc1C(=O)NCC(=O)N(C)Cc1ccc(N(C)C)cc1. The van der Waals surface area contributed by atoms with Gasteiger partial charge in [-0.25, -0.2) is 0 Å². The van der Waals surface area contributed by atoms with Gasteiger partial charge in [0.15, 0.2) is 0 Å². The third-order valence-electron chi connectivity index (χ3n) is 4.13. The second-order valence-corrected chi connectivity index (χ2v) is 6.42. The molecule has 0 radical (unpaired) electrons. The van der Waals surface area contributed by atoms with E-state index in [4.69, 9.17) is 4.74 Å². The van der Waals surface area contributed by atoms with Crippen molar-refractivity contribution >= 4 is 17.5 Å². The van der Waals surface area contributed by atoms with Crippen LogP contribution in [0, 0.1) is 0 Å². The summed E-state index contributed by atoms with van der Waals surface area (Å²) in [5.74, 6) is 0.0318. The zero-order valence-electron chi connectivity index (χ0n) is 16.4. The van der Waals surface area contributed by atoms with Crippen LogP contribution in [0.1, 0.15) is 22.8 Å². The number of nitrogens with one attached hydrogen (secondary N) is 1. The van der Waals surface area contributed by atoms with Gasteiger partial charge in [0.1, 0.15) is 5.75 Å². The maximum atomic E-state index is 12.4. The minimum absolute atomic E-state index is 0.0639. The van der Waals surface area contributed by atoms with Crippen LogP contribution in [0.25, 0.3) is 0 Å². The molecule has 0 unspecified atom stereocenters. The van der Waals surface area contributed by atoms with Crippen molar-refractivity contribution in [1.29, 1.82) is 0 Å². The van der Waals surface area contributed by atoms with E-state index in [1.165, 1.54) is 0 Å². The molecular weight excluding hydrogens is 342 g/mol. The second-order valence-electron chi connectivity index (χ2n) is 6.42. The Bertz CT molecular complexity index is 772. The Kier molecular flexibility index (Phi) is 7.23. The lowest BCUT2D eigenvalue weighted by Gasteiger charge is -2.19. The summed E-state index contributed by atoms with van der Waals surface area (Å²) in [6, 6.07) is 15.0. The van der Waals surface area contributed by atoms with E-state index in [1.807, 2.05) is 56.3 Å². The Balaban J connectivity index is 1.90. The number of rotatable bonds is 8. The average molecular weight is 369 g/mol. The predicted molar refractivity (Wildman–Crippen MR) is 107 cm³/mol. The molecule has 2 aromatic carbocycles. The number of amides is 2. The number of ether oxygens (including phenoxy) is 1. The molecule has 0 aromatic heterocycles. The molecule has 0 saturated heterocycles. The summed E-state index contributed by atoms with van der Waals surface area (Å²) in [4.78, 5) is 28.3. The molecule has 0 aliphatic heterocycles. The number of carbonyl (C=O) groups excluding carboxylic acids is 2. The van der Waals surface area contributed by atoms with Crippen LogP contribution in [-0.2, 0) is 11.3 Å². The summed E-state index contributed by atoms with van der Waals surface area (Å²) in [5, 5.41) is 2.67. The summed E-state index contributed by atoms with van der Waals surface area (Å²) in [6.45, 7) is 2.75. The maximum absolute atomic E-state index is 12.4. The lowest BCUT2D eigenvalue weighted by molar-refractivity contribution is -0.129. The van der Waals surface area contributed by atoms with Crippen LogP contribution >= 0.6 is 0 Å². The van der Waals surface area contributed by atoms with Crippen molar-refractivity contribution in [2.45, 2.75) is 13.5 Å². The number of anilines is 1. The number of likely N-dealkylation sites (N-methyl/N-ethyl adjacent to an activating group) is 1. The van der Waals surface area contributed by atoms with E-state index < -0.39 is 0 Å². The molecule has 0 aliphatic rings. The quantitative estimate of drug-likeness (QED) is 0.777. The van der Waals surface area contributed by atoms with Gasteiger partial charge in [0, 0.05) is 33.4 Å². The predicted octanol–water partition coefficient (Wildman–Crippen LogP) is 2.54. The Hall–Kier alpha value is -3.02. The van der Waals surface area contributed by atoms with E-state index in [2.05, 4.69) is 5.32 Å². The highest BCUT2D eigenvalue weighted by atomic mass is 16.5. The van der Waals surface area contributed by atoms with Gasteiger partial charge in [-0.1, -0.05) is 24.3 Å². The minimum Gasteiger partial charge on any atom is -0.493 e. The molecule has 1 N–H and O–H groups in total. The van der Waals surface area contributed by atoms with Crippen LogP contribution in [0.15, 0.2) is 48.5 Å². The highest BCUT2D eigenvalue weighted by Crippen LogP contribution is 2.17. The lowest BCUT2D eigenvalue weighted by Crippen LogP contribution is -2.37. The molecule has 0 bridgehead atoms. The molecule has 144 valence electrons. The summed E-state index contributed by atoms with van der Waals surface area (Å²) in [6.07, 6.45) is 0. The molecule has 0 aliphatic carbocycles. The first-order valence-electron chi connectivity index (χ1n) is 8.92. The van der Waals surface area contributed by atoms with Crippen LogP contribution in [0.5, 0.6) is 5.75 Å². The van der Waals surface area contributed by atoms with Gasteiger partial charge < -0.3 is 19.9 Å². The molecule has 6 heteroatoms. The van der Waals surface area contributed by atoms with Gasteiger partial charge in [-0.05, 0) is 36.8 Å². The molecule has 0 atom stereocenters. The highest BCUT2D eigenvalue weighted by Gasteiger charge is 2.15. The summed E-state index contributed by atoms with van der Waals surface area (Å²) in [7, 11) is 5.69. The van der Waals surface area contributed by atoms with Crippen molar-refractivity contribution in [2.75, 3.05) is 39.2 Å². The Morgan fingerprint density at radius 2 is 1.67 bits per heavy atom. The smallest absolute Gasteiger partial charge is 0.255 e. The Labute approximate surface area is 160 Å². The molecule has 27 heavy (non-hydrogen) atoms. The minimum atomic E-state index is -0.323. The van der Waals surface area contributed by atoms with E-state index in [-0.39, 0.29) is 18.4 Å². The molecule has 0 spiro atoms. The first-order chi connectivity index (χ1) is 12.9. The van der Waals surface area contributed by atoms with Gasteiger partial charge in [-0.3, -0.25) is 9.59 Å². The zero-order valence-corrected chi connectivity index (χ0v) is 16.4. The monoisotopic (exact) mass is 369 g/mol. The van der Waals surface area contributed by atoms with E-state index in [0.717, 1.165) is 11.3 Å². The second kappa shape index (κ2) is 9.62.